The molecular formula is C64H127NO5. The van der Waals surface area contributed by atoms with Gasteiger partial charge in [-0.25, -0.2) is 0 Å². The van der Waals surface area contributed by atoms with Gasteiger partial charge in [0.1, 0.15) is 0 Å². The summed E-state index contributed by atoms with van der Waals surface area (Å²) in [5.74, 6) is 0.319. The number of aliphatic hydroxyl groups excluding tert-OH is 1. The molecule has 0 spiro atoms. The van der Waals surface area contributed by atoms with Crippen LogP contribution in [-0.4, -0.2) is 61.4 Å². The minimum Gasteiger partial charge on any atom is -0.465 e. The van der Waals surface area contributed by atoms with E-state index in [4.69, 9.17) is 9.47 Å². The summed E-state index contributed by atoms with van der Waals surface area (Å²) in [6, 6.07) is 0. The average molecular weight is 991 g/mol. The van der Waals surface area contributed by atoms with Gasteiger partial charge in [0.15, 0.2) is 0 Å². The number of ether oxygens (including phenoxy) is 2. The van der Waals surface area contributed by atoms with Gasteiger partial charge >= 0.3 is 11.9 Å². The molecule has 0 saturated heterocycles. The van der Waals surface area contributed by atoms with E-state index >= 15 is 0 Å². The van der Waals surface area contributed by atoms with Crippen molar-refractivity contribution in [2.75, 3.05) is 39.5 Å². The summed E-state index contributed by atoms with van der Waals surface area (Å²) in [6.07, 6.45) is 62.3. The van der Waals surface area contributed by atoms with Crippen LogP contribution in [0.4, 0.5) is 0 Å². The number of carbonyl (C=O) groups is 2. The standard InChI is InChI=1S/C64H127NO5/c1-5-9-13-17-21-25-27-31-35-43-53-61(51-41-33-29-23-19-15-11-7-3)63(67)69-59-49-39-37-45-55-65(57-47-48-58-66)56-46-38-40-50-60-70-64(68)62(52-42-34-30-24-20-16-12-8-4)54-44-36-32-28-26-22-18-14-10-6-2/h61-62,66H,5-60H2,1-4H3. The van der Waals surface area contributed by atoms with Crippen molar-refractivity contribution in [2.24, 2.45) is 11.8 Å². The lowest BCUT2D eigenvalue weighted by molar-refractivity contribution is -0.150. The van der Waals surface area contributed by atoms with Crippen LogP contribution >= 0.6 is 0 Å². The second-order valence-corrected chi connectivity index (χ2v) is 22.3. The molecule has 0 rings (SSSR count). The fourth-order valence-electron chi connectivity index (χ4n) is 10.5. The van der Waals surface area contributed by atoms with Crippen LogP contribution in [0.3, 0.4) is 0 Å². The fourth-order valence-corrected chi connectivity index (χ4v) is 10.5. The van der Waals surface area contributed by atoms with Gasteiger partial charge in [-0.2, -0.15) is 0 Å². The highest BCUT2D eigenvalue weighted by Crippen LogP contribution is 2.24. The van der Waals surface area contributed by atoms with Gasteiger partial charge in [-0.05, 0) is 83.8 Å². The lowest BCUT2D eigenvalue weighted by atomic mass is 9.94. The molecule has 0 radical (unpaired) electrons. The highest BCUT2D eigenvalue weighted by atomic mass is 16.5. The monoisotopic (exact) mass is 990 g/mol. The molecule has 2 atom stereocenters. The van der Waals surface area contributed by atoms with Crippen molar-refractivity contribution in [3.8, 4) is 0 Å². The summed E-state index contributed by atoms with van der Waals surface area (Å²) in [7, 11) is 0. The number of nitrogens with zero attached hydrogens (tertiary/aromatic N) is 1. The van der Waals surface area contributed by atoms with Gasteiger partial charge < -0.3 is 19.5 Å². The molecule has 0 aromatic heterocycles. The third kappa shape index (κ3) is 50.4. The van der Waals surface area contributed by atoms with Gasteiger partial charge in [-0.1, -0.05) is 285 Å². The Morgan fingerprint density at radius 3 is 0.771 bits per heavy atom. The number of carbonyl (C=O) groups excluding carboxylic acids is 2. The molecule has 0 saturated carbocycles. The van der Waals surface area contributed by atoms with Crippen LogP contribution in [0.2, 0.25) is 0 Å². The zero-order valence-electron chi connectivity index (χ0n) is 48.3. The normalized spacial score (nSPS) is 12.5. The number of rotatable bonds is 60. The smallest absolute Gasteiger partial charge is 0.308 e. The van der Waals surface area contributed by atoms with Crippen LogP contribution in [-0.2, 0) is 19.1 Å². The minimum absolute atomic E-state index is 0.0740. The van der Waals surface area contributed by atoms with Crippen LogP contribution < -0.4 is 0 Å². The first kappa shape index (κ1) is 68.9. The summed E-state index contributed by atoms with van der Waals surface area (Å²) in [5, 5.41) is 9.44. The van der Waals surface area contributed by atoms with Gasteiger partial charge in [0.05, 0.1) is 25.0 Å². The highest BCUT2D eigenvalue weighted by Gasteiger charge is 2.21. The first-order chi connectivity index (χ1) is 34.5. The first-order valence-corrected chi connectivity index (χ1v) is 32.2. The van der Waals surface area contributed by atoms with E-state index < -0.39 is 0 Å². The largest absolute Gasteiger partial charge is 0.465 e. The fraction of sp³-hybridized carbons (Fsp3) is 0.969. The van der Waals surface area contributed by atoms with E-state index in [1.54, 1.807) is 0 Å². The van der Waals surface area contributed by atoms with Crippen LogP contribution in [0.25, 0.3) is 0 Å². The molecule has 0 amide bonds. The Morgan fingerprint density at radius 2 is 0.514 bits per heavy atom. The number of unbranched alkanes of at least 4 members (excludes halogenated alkanes) is 39. The van der Waals surface area contributed by atoms with E-state index in [0.29, 0.717) is 13.2 Å². The third-order valence-corrected chi connectivity index (χ3v) is 15.4. The molecule has 0 bridgehead atoms. The number of esters is 2. The van der Waals surface area contributed by atoms with Crippen LogP contribution in [0.1, 0.15) is 349 Å². The topological polar surface area (TPSA) is 76.1 Å². The Hall–Kier alpha value is -1.14. The van der Waals surface area contributed by atoms with Crippen molar-refractivity contribution in [3.05, 3.63) is 0 Å². The first-order valence-electron chi connectivity index (χ1n) is 32.2. The van der Waals surface area contributed by atoms with Crippen molar-refractivity contribution in [2.45, 2.75) is 349 Å². The molecule has 0 aromatic carbocycles. The molecule has 0 aliphatic carbocycles. The molecule has 0 aromatic rings. The molecule has 2 unspecified atom stereocenters. The van der Waals surface area contributed by atoms with Gasteiger partial charge in [0, 0.05) is 6.61 Å². The molecule has 0 aliphatic heterocycles. The molecule has 0 aliphatic rings. The minimum atomic E-state index is 0.0740. The molecule has 418 valence electrons. The van der Waals surface area contributed by atoms with Crippen LogP contribution in [0, 0.1) is 11.8 Å². The lowest BCUT2D eigenvalue weighted by Crippen LogP contribution is -2.27. The maximum Gasteiger partial charge on any atom is 0.308 e. The average Bonchev–Trinajstić information content (AvgIpc) is 3.36. The van der Waals surface area contributed by atoms with Gasteiger partial charge in [0.25, 0.3) is 0 Å². The Labute approximate surface area is 439 Å². The number of hydrogen-bond donors (Lipinski definition) is 1. The second-order valence-electron chi connectivity index (χ2n) is 22.3. The van der Waals surface area contributed by atoms with Gasteiger partial charge in [-0.15, -0.1) is 0 Å². The molecule has 1 N–H and O–H groups in total. The molecule has 0 heterocycles. The van der Waals surface area contributed by atoms with Crippen molar-refractivity contribution < 1.29 is 24.2 Å². The predicted octanol–water partition coefficient (Wildman–Crippen LogP) is 20.2. The van der Waals surface area contributed by atoms with Crippen LogP contribution in [0.15, 0.2) is 0 Å². The summed E-state index contributed by atoms with van der Waals surface area (Å²) < 4.78 is 11.9. The predicted molar refractivity (Wildman–Crippen MR) is 306 cm³/mol. The van der Waals surface area contributed by atoms with E-state index in [1.807, 2.05) is 0 Å². The second kappa shape index (κ2) is 58.7. The maximum absolute atomic E-state index is 13.3. The highest BCUT2D eigenvalue weighted by molar-refractivity contribution is 5.72. The van der Waals surface area contributed by atoms with Crippen LogP contribution in [0.5, 0.6) is 0 Å². The van der Waals surface area contributed by atoms with E-state index in [0.717, 1.165) is 110 Å². The molecule has 6 nitrogen and oxygen atoms in total. The van der Waals surface area contributed by atoms with E-state index in [2.05, 4.69) is 32.6 Å². The zero-order valence-corrected chi connectivity index (χ0v) is 48.3. The lowest BCUT2D eigenvalue weighted by Gasteiger charge is -2.22. The molecule has 6 heteroatoms. The Bertz CT molecular complexity index is 947. The summed E-state index contributed by atoms with van der Waals surface area (Å²) in [6.45, 7) is 13.8. The van der Waals surface area contributed by atoms with Crippen molar-refractivity contribution >= 4 is 11.9 Å². The Balaban J connectivity index is 4.58. The quantitative estimate of drug-likeness (QED) is 0.0483. The van der Waals surface area contributed by atoms with Crippen molar-refractivity contribution in [3.63, 3.8) is 0 Å². The zero-order chi connectivity index (χ0) is 50.9. The third-order valence-electron chi connectivity index (χ3n) is 15.4. The van der Waals surface area contributed by atoms with E-state index in [1.165, 1.54) is 231 Å². The number of aliphatic hydroxyl groups is 1. The Kier molecular flexibility index (Phi) is 57.8. The summed E-state index contributed by atoms with van der Waals surface area (Å²) in [5.41, 5.74) is 0. The summed E-state index contributed by atoms with van der Waals surface area (Å²) in [4.78, 5) is 29.2. The molecule has 70 heavy (non-hydrogen) atoms. The van der Waals surface area contributed by atoms with Crippen molar-refractivity contribution in [1.29, 1.82) is 0 Å². The van der Waals surface area contributed by atoms with E-state index in [9.17, 15) is 14.7 Å². The van der Waals surface area contributed by atoms with Crippen molar-refractivity contribution in [1.82, 2.24) is 4.90 Å². The van der Waals surface area contributed by atoms with E-state index in [-0.39, 0.29) is 30.4 Å². The number of hydrogen-bond acceptors (Lipinski definition) is 6. The maximum atomic E-state index is 13.3. The van der Waals surface area contributed by atoms with Gasteiger partial charge in [0.2, 0.25) is 0 Å². The molecular weight excluding hydrogens is 863 g/mol. The van der Waals surface area contributed by atoms with Gasteiger partial charge in [-0.3, -0.25) is 9.59 Å². The SMILES string of the molecule is CCCCCCCCCCCCC(CCCCCCCCCC)C(=O)OCCCCCCN(CCCCO)CCCCCCOC(=O)C(CCCCCCCCCC)CCCCCCCCCCCC. The summed E-state index contributed by atoms with van der Waals surface area (Å²) >= 11 is 0. The molecule has 0 fully saturated rings. The Morgan fingerprint density at radius 1 is 0.300 bits per heavy atom.